The Hall–Kier alpha value is -2.71. The quantitative estimate of drug-likeness (QED) is 0.549. The summed E-state index contributed by atoms with van der Waals surface area (Å²) in [6, 6.07) is -1.39. The molecule has 0 aliphatic rings. The molecule has 0 bridgehead atoms. The highest BCUT2D eigenvalue weighted by Crippen LogP contribution is 2.06. The number of carbonyl (C=O) groups excluding carboxylic acids is 1. The van der Waals surface area contributed by atoms with Crippen molar-refractivity contribution < 1.29 is 24.6 Å². The molecule has 0 fully saturated rings. The summed E-state index contributed by atoms with van der Waals surface area (Å²) in [4.78, 5) is 45.1. The van der Waals surface area contributed by atoms with Gasteiger partial charge < -0.3 is 15.5 Å². The number of nitrogens with zero attached hydrogens (tertiary/aromatic N) is 1. The molecule has 0 aliphatic carbocycles. The number of hydrogen-bond acceptors (Lipinski definition) is 5. The van der Waals surface area contributed by atoms with E-state index in [1.807, 2.05) is 0 Å². The van der Waals surface area contributed by atoms with E-state index < -0.39 is 35.9 Å². The second-order valence-electron chi connectivity index (χ2n) is 4.43. The Morgan fingerprint density at radius 1 is 1.29 bits per heavy atom. The first-order valence-corrected chi connectivity index (χ1v) is 6.05. The predicted octanol–water partition coefficient (Wildman–Crippen LogP) is -0.565. The van der Waals surface area contributed by atoms with Crippen LogP contribution in [-0.4, -0.2) is 44.3 Å². The van der Waals surface area contributed by atoms with E-state index in [4.69, 9.17) is 10.2 Å². The highest BCUT2D eigenvalue weighted by Gasteiger charge is 2.24. The second-order valence-corrected chi connectivity index (χ2v) is 4.43. The second kappa shape index (κ2) is 6.64. The van der Waals surface area contributed by atoms with Crippen molar-refractivity contribution in [3.05, 3.63) is 27.2 Å². The van der Waals surface area contributed by atoms with Crippen molar-refractivity contribution in [1.29, 1.82) is 0 Å². The molecule has 1 rings (SSSR count). The van der Waals surface area contributed by atoms with Crippen LogP contribution in [0.4, 0.5) is 0 Å². The van der Waals surface area contributed by atoms with Gasteiger partial charge in [-0.05, 0) is 25.8 Å². The average molecular weight is 297 g/mol. The summed E-state index contributed by atoms with van der Waals surface area (Å²) in [5.41, 5.74) is -0.210. The largest absolute Gasteiger partial charge is 0.481 e. The lowest BCUT2D eigenvalue weighted by Crippen LogP contribution is -2.43. The summed E-state index contributed by atoms with van der Waals surface area (Å²) in [5, 5.41) is 25.5. The van der Waals surface area contributed by atoms with Gasteiger partial charge in [0.25, 0.3) is 11.5 Å². The van der Waals surface area contributed by atoms with Crippen LogP contribution in [0.5, 0.6) is 0 Å². The van der Waals surface area contributed by atoms with Crippen molar-refractivity contribution in [2.45, 2.75) is 32.7 Å². The molecular formula is C12H15N3O6. The van der Waals surface area contributed by atoms with Crippen molar-refractivity contribution >= 4 is 17.8 Å². The van der Waals surface area contributed by atoms with Crippen LogP contribution < -0.4 is 10.9 Å². The maximum Gasteiger partial charge on any atom is 0.326 e. The van der Waals surface area contributed by atoms with Gasteiger partial charge in [-0.1, -0.05) is 0 Å². The fourth-order valence-electron chi connectivity index (χ4n) is 1.65. The Balaban J connectivity index is 2.98. The minimum absolute atomic E-state index is 0.232. The molecule has 0 aromatic carbocycles. The third kappa shape index (κ3) is 4.13. The molecule has 1 heterocycles. The number of carboxylic acids is 2. The van der Waals surface area contributed by atoms with Crippen LogP contribution in [0, 0.1) is 13.8 Å². The van der Waals surface area contributed by atoms with E-state index in [-0.39, 0.29) is 12.0 Å². The van der Waals surface area contributed by atoms with Crippen molar-refractivity contribution in [3.8, 4) is 0 Å². The smallest absolute Gasteiger partial charge is 0.326 e. The first kappa shape index (κ1) is 16.3. The predicted molar refractivity (Wildman–Crippen MR) is 70.1 cm³/mol. The molecule has 0 unspecified atom stereocenters. The summed E-state index contributed by atoms with van der Waals surface area (Å²) in [6.45, 7) is 3.10. The van der Waals surface area contributed by atoms with Crippen LogP contribution in [0.25, 0.3) is 0 Å². The van der Waals surface area contributed by atoms with Crippen LogP contribution in [0.1, 0.15) is 34.5 Å². The Labute approximate surface area is 119 Å². The lowest BCUT2D eigenvalue weighted by molar-refractivity contribution is -0.140. The third-order valence-electron chi connectivity index (χ3n) is 2.95. The van der Waals surface area contributed by atoms with Crippen LogP contribution >= 0.6 is 0 Å². The van der Waals surface area contributed by atoms with Gasteiger partial charge in [-0.3, -0.25) is 14.4 Å². The van der Waals surface area contributed by atoms with Crippen LogP contribution in [-0.2, 0) is 9.59 Å². The fourth-order valence-corrected chi connectivity index (χ4v) is 1.65. The monoisotopic (exact) mass is 297 g/mol. The van der Waals surface area contributed by atoms with Gasteiger partial charge in [-0.15, -0.1) is 0 Å². The van der Waals surface area contributed by atoms with Crippen LogP contribution in [0.3, 0.4) is 0 Å². The van der Waals surface area contributed by atoms with E-state index in [1.54, 1.807) is 6.92 Å². The van der Waals surface area contributed by atoms with Gasteiger partial charge in [-0.25, -0.2) is 9.89 Å². The zero-order valence-electron chi connectivity index (χ0n) is 11.5. The lowest BCUT2D eigenvalue weighted by atomic mass is 10.1. The molecule has 0 radical (unpaired) electrons. The molecule has 21 heavy (non-hydrogen) atoms. The van der Waals surface area contributed by atoms with Gasteiger partial charge >= 0.3 is 11.9 Å². The summed E-state index contributed by atoms with van der Waals surface area (Å²) in [7, 11) is 0. The average Bonchev–Trinajstić information content (AvgIpc) is 2.38. The number of aromatic amines is 1. The van der Waals surface area contributed by atoms with E-state index in [1.165, 1.54) is 6.92 Å². The molecule has 0 spiro atoms. The van der Waals surface area contributed by atoms with Crippen molar-refractivity contribution in [2.24, 2.45) is 0 Å². The summed E-state index contributed by atoms with van der Waals surface area (Å²) in [6.07, 6.45) is -0.695. The number of aromatic nitrogens is 2. The van der Waals surface area contributed by atoms with Crippen molar-refractivity contribution in [2.75, 3.05) is 0 Å². The number of hydrogen-bond donors (Lipinski definition) is 4. The number of aryl methyl sites for hydroxylation is 1. The van der Waals surface area contributed by atoms with Crippen LogP contribution in [0.2, 0.25) is 0 Å². The van der Waals surface area contributed by atoms with Gasteiger partial charge in [0.1, 0.15) is 11.6 Å². The molecule has 0 saturated heterocycles. The van der Waals surface area contributed by atoms with Gasteiger partial charge in [-0.2, -0.15) is 5.10 Å². The number of amides is 1. The number of rotatable bonds is 6. The zero-order valence-corrected chi connectivity index (χ0v) is 11.5. The van der Waals surface area contributed by atoms with Crippen molar-refractivity contribution in [3.63, 3.8) is 0 Å². The van der Waals surface area contributed by atoms with Gasteiger partial charge in [0.05, 0.1) is 5.69 Å². The minimum atomic E-state index is -1.39. The molecule has 0 aliphatic heterocycles. The Morgan fingerprint density at radius 2 is 1.90 bits per heavy atom. The van der Waals surface area contributed by atoms with E-state index in [9.17, 15) is 19.2 Å². The molecule has 9 nitrogen and oxygen atoms in total. The molecule has 4 N–H and O–H groups in total. The molecule has 1 amide bonds. The topological polar surface area (TPSA) is 149 Å². The Kier molecular flexibility index (Phi) is 5.17. The first-order valence-electron chi connectivity index (χ1n) is 6.05. The number of carboxylic acid groups (broad SMARTS) is 2. The number of nitrogens with one attached hydrogen (secondary N) is 2. The summed E-state index contributed by atoms with van der Waals surface area (Å²) < 4.78 is 0. The maximum atomic E-state index is 12.0. The molecule has 1 atom stereocenters. The van der Waals surface area contributed by atoms with E-state index in [0.29, 0.717) is 11.3 Å². The standard InChI is InChI=1S/C12H15N3O6/c1-5-6(2)14-15-11(19)9(5)10(18)13-7(12(20)21)3-4-8(16)17/h7H,3-4H2,1-2H3,(H,13,18)(H,15,19)(H,16,17)(H,20,21)/t7-/m0/s1. The fraction of sp³-hybridized carbons (Fsp3) is 0.417. The zero-order chi connectivity index (χ0) is 16.2. The van der Waals surface area contributed by atoms with Gasteiger partial charge in [0.15, 0.2) is 0 Å². The first-order chi connectivity index (χ1) is 9.73. The third-order valence-corrected chi connectivity index (χ3v) is 2.95. The molecule has 1 aromatic rings. The van der Waals surface area contributed by atoms with E-state index >= 15 is 0 Å². The summed E-state index contributed by atoms with van der Waals surface area (Å²) >= 11 is 0. The molecule has 0 saturated carbocycles. The summed E-state index contributed by atoms with van der Waals surface area (Å²) in [5.74, 6) is -3.43. The maximum absolute atomic E-state index is 12.0. The highest BCUT2D eigenvalue weighted by molar-refractivity contribution is 5.97. The molecule has 114 valence electrons. The van der Waals surface area contributed by atoms with E-state index in [2.05, 4.69) is 15.5 Å². The number of aliphatic carboxylic acids is 2. The minimum Gasteiger partial charge on any atom is -0.481 e. The normalized spacial score (nSPS) is 11.7. The van der Waals surface area contributed by atoms with Gasteiger partial charge in [0, 0.05) is 6.42 Å². The number of H-pyrrole nitrogens is 1. The SMILES string of the molecule is Cc1n[nH]c(=O)c(C(=O)N[C@@H](CCC(=O)O)C(=O)O)c1C. The molecule has 1 aromatic heterocycles. The Bertz CT molecular complexity index is 636. The van der Waals surface area contributed by atoms with Gasteiger partial charge in [0.2, 0.25) is 0 Å². The molecular weight excluding hydrogens is 282 g/mol. The lowest BCUT2D eigenvalue weighted by Gasteiger charge is -2.14. The van der Waals surface area contributed by atoms with Crippen molar-refractivity contribution in [1.82, 2.24) is 15.5 Å². The molecule has 9 heteroatoms. The highest BCUT2D eigenvalue weighted by atomic mass is 16.4. The number of carbonyl (C=O) groups is 3. The van der Waals surface area contributed by atoms with E-state index in [0.717, 1.165) is 0 Å². The van der Waals surface area contributed by atoms with Crippen LogP contribution in [0.15, 0.2) is 4.79 Å². The Morgan fingerprint density at radius 3 is 2.43 bits per heavy atom.